The van der Waals surface area contributed by atoms with E-state index in [4.69, 9.17) is 0 Å². The molecule has 0 aliphatic carbocycles. The maximum Gasteiger partial charge on any atom is 0.221 e. The van der Waals surface area contributed by atoms with Crippen molar-refractivity contribution < 1.29 is 9.59 Å². The quantitative estimate of drug-likeness (QED) is 0.697. The van der Waals surface area contributed by atoms with Crippen molar-refractivity contribution >= 4 is 54.0 Å². The third-order valence-electron chi connectivity index (χ3n) is 3.12. The number of ketones is 1. The summed E-state index contributed by atoms with van der Waals surface area (Å²) >= 11 is 4.71. The first-order valence-electron chi connectivity index (χ1n) is 6.50. The second-order valence-electron chi connectivity index (χ2n) is 4.70. The number of anilines is 1. The van der Waals surface area contributed by atoms with Gasteiger partial charge in [-0.25, -0.2) is 0 Å². The average molecular weight is 375 g/mol. The number of carbonyl (C=O) groups is 2. The highest BCUT2D eigenvalue weighted by Crippen LogP contribution is 2.36. The average Bonchev–Trinajstić information content (AvgIpc) is 2.84. The van der Waals surface area contributed by atoms with Gasteiger partial charge in [0.15, 0.2) is 5.78 Å². The molecule has 0 radical (unpaired) electrons. The Balaban J connectivity index is 2.17. The second kappa shape index (κ2) is 5.98. The lowest BCUT2D eigenvalue weighted by Gasteiger charge is -2.05. The smallest absolute Gasteiger partial charge is 0.221 e. The third-order valence-corrected chi connectivity index (χ3v) is 4.70. The molecule has 2 aromatic heterocycles. The van der Waals surface area contributed by atoms with Crippen molar-refractivity contribution in [2.45, 2.75) is 6.92 Å². The highest BCUT2D eigenvalue weighted by Gasteiger charge is 2.21. The zero-order valence-electron chi connectivity index (χ0n) is 11.6. The SMILES string of the molecule is CC(=O)Nc1sc2cnccc2c1C(=O)c1ccc(Br)cc1. The van der Waals surface area contributed by atoms with E-state index in [0.717, 1.165) is 14.6 Å². The van der Waals surface area contributed by atoms with E-state index >= 15 is 0 Å². The summed E-state index contributed by atoms with van der Waals surface area (Å²) in [5.41, 5.74) is 1.09. The number of aromatic nitrogens is 1. The monoisotopic (exact) mass is 374 g/mol. The van der Waals surface area contributed by atoms with E-state index in [9.17, 15) is 9.59 Å². The maximum absolute atomic E-state index is 12.9. The minimum atomic E-state index is -0.204. The lowest BCUT2D eigenvalue weighted by Crippen LogP contribution is -2.09. The fourth-order valence-electron chi connectivity index (χ4n) is 2.17. The number of thiophene rings is 1. The second-order valence-corrected chi connectivity index (χ2v) is 6.66. The molecule has 2 heterocycles. The van der Waals surface area contributed by atoms with Crippen LogP contribution in [0.2, 0.25) is 0 Å². The zero-order valence-corrected chi connectivity index (χ0v) is 14.0. The Morgan fingerprint density at radius 1 is 1.18 bits per heavy atom. The molecule has 4 nitrogen and oxygen atoms in total. The van der Waals surface area contributed by atoms with Crippen LogP contribution in [0.3, 0.4) is 0 Å². The summed E-state index contributed by atoms with van der Waals surface area (Å²) < 4.78 is 1.78. The number of carbonyl (C=O) groups excluding carboxylic acids is 2. The fraction of sp³-hybridized carbons (Fsp3) is 0.0625. The van der Waals surface area contributed by atoms with Crippen LogP contribution in [0.25, 0.3) is 10.1 Å². The first-order valence-corrected chi connectivity index (χ1v) is 8.11. The number of halogens is 1. The van der Waals surface area contributed by atoms with Crippen LogP contribution >= 0.6 is 27.3 Å². The lowest BCUT2D eigenvalue weighted by molar-refractivity contribution is -0.114. The summed E-state index contributed by atoms with van der Waals surface area (Å²) in [6.07, 6.45) is 3.34. The standard InChI is InChI=1S/C16H11BrN2O2S/c1-9(20)19-16-14(12-6-7-18-8-13(12)22-16)15(21)10-2-4-11(17)5-3-10/h2-8H,1H3,(H,19,20). The minimum Gasteiger partial charge on any atom is -0.317 e. The fourth-order valence-corrected chi connectivity index (χ4v) is 3.55. The van der Waals surface area contributed by atoms with Gasteiger partial charge in [0, 0.05) is 34.7 Å². The van der Waals surface area contributed by atoms with Gasteiger partial charge < -0.3 is 5.32 Å². The van der Waals surface area contributed by atoms with Gasteiger partial charge in [-0.1, -0.05) is 15.9 Å². The molecular weight excluding hydrogens is 364 g/mol. The predicted octanol–water partition coefficient (Wildman–Crippen LogP) is 4.25. The third kappa shape index (κ3) is 2.80. The molecule has 1 aromatic carbocycles. The summed E-state index contributed by atoms with van der Waals surface area (Å²) in [5.74, 6) is -0.321. The molecule has 0 atom stereocenters. The first-order chi connectivity index (χ1) is 10.6. The Kier molecular flexibility index (Phi) is 4.04. The van der Waals surface area contributed by atoms with Gasteiger partial charge in [-0.2, -0.15) is 0 Å². The molecule has 0 aliphatic rings. The highest BCUT2D eigenvalue weighted by molar-refractivity contribution is 9.10. The summed E-state index contributed by atoms with van der Waals surface area (Å²) in [7, 11) is 0. The van der Waals surface area contributed by atoms with Gasteiger partial charge in [0.2, 0.25) is 5.91 Å². The molecule has 3 aromatic rings. The number of hydrogen-bond donors (Lipinski definition) is 1. The molecule has 0 saturated heterocycles. The molecule has 0 saturated carbocycles. The number of amides is 1. The molecule has 22 heavy (non-hydrogen) atoms. The van der Waals surface area contributed by atoms with Gasteiger partial charge in [0.25, 0.3) is 0 Å². The van der Waals surface area contributed by atoms with E-state index in [1.165, 1.54) is 18.3 Å². The Morgan fingerprint density at radius 2 is 1.91 bits per heavy atom. The van der Waals surface area contributed by atoms with E-state index in [0.29, 0.717) is 16.1 Å². The van der Waals surface area contributed by atoms with Gasteiger partial charge in [0.05, 0.1) is 10.3 Å². The van der Waals surface area contributed by atoms with Crippen LogP contribution in [0.15, 0.2) is 47.2 Å². The molecular formula is C16H11BrN2O2S. The Morgan fingerprint density at radius 3 is 2.59 bits per heavy atom. The highest BCUT2D eigenvalue weighted by atomic mass is 79.9. The molecule has 0 unspecified atom stereocenters. The van der Waals surface area contributed by atoms with Crippen molar-refractivity contribution in [3.63, 3.8) is 0 Å². The van der Waals surface area contributed by atoms with Gasteiger partial charge >= 0.3 is 0 Å². The summed E-state index contributed by atoms with van der Waals surface area (Å²) in [4.78, 5) is 28.3. The van der Waals surface area contributed by atoms with Crippen molar-refractivity contribution in [2.75, 3.05) is 5.32 Å². The van der Waals surface area contributed by atoms with Crippen LogP contribution in [-0.2, 0) is 4.79 Å². The molecule has 110 valence electrons. The van der Waals surface area contributed by atoms with Gasteiger partial charge in [-0.05, 0) is 30.3 Å². The number of nitrogens with one attached hydrogen (secondary N) is 1. The molecule has 6 heteroatoms. The van der Waals surface area contributed by atoms with E-state index in [-0.39, 0.29) is 11.7 Å². The van der Waals surface area contributed by atoms with Crippen molar-refractivity contribution in [1.82, 2.24) is 4.98 Å². The Bertz CT molecular complexity index is 871. The van der Waals surface area contributed by atoms with Gasteiger partial charge in [-0.15, -0.1) is 11.3 Å². The molecule has 1 N–H and O–H groups in total. The van der Waals surface area contributed by atoms with Gasteiger partial charge in [-0.3, -0.25) is 14.6 Å². The number of benzene rings is 1. The Labute approximate surface area is 139 Å². The van der Waals surface area contributed by atoms with Crippen LogP contribution in [0.4, 0.5) is 5.00 Å². The van der Waals surface area contributed by atoms with Crippen LogP contribution in [-0.4, -0.2) is 16.7 Å². The molecule has 0 aliphatic heterocycles. The van der Waals surface area contributed by atoms with Crippen molar-refractivity contribution in [3.05, 3.63) is 58.3 Å². The summed E-state index contributed by atoms with van der Waals surface area (Å²) in [6, 6.07) is 8.95. The molecule has 1 amide bonds. The van der Waals surface area contributed by atoms with Crippen LogP contribution in [0.1, 0.15) is 22.8 Å². The predicted molar refractivity (Wildman–Crippen MR) is 91.5 cm³/mol. The van der Waals surface area contributed by atoms with Crippen LogP contribution in [0.5, 0.6) is 0 Å². The molecule has 3 rings (SSSR count). The number of hydrogen-bond acceptors (Lipinski definition) is 4. The largest absolute Gasteiger partial charge is 0.317 e. The van der Waals surface area contributed by atoms with Crippen LogP contribution < -0.4 is 5.32 Å². The summed E-state index contributed by atoms with van der Waals surface area (Å²) in [6.45, 7) is 1.43. The van der Waals surface area contributed by atoms with E-state index in [1.54, 1.807) is 30.6 Å². The van der Waals surface area contributed by atoms with Gasteiger partial charge in [0.1, 0.15) is 5.00 Å². The first kappa shape index (κ1) is 14.9. The maximum atomic E-state index is 12.9. The number of nitrogens with zero attached hydrogens (tertiary/aromatic N) is 1. The lowest BCUT2D eigenvalue weighted by atomic mass is 10.0. The van der Waals surface area contributed by atoms with Crippen LogP contribution in [0, 0.1) is 0 Å². The number of fused-ring (bicyclic) bond motifs is 1. The normalized spacial score (nSPS) is 10.6. The van der Waals surface area contributed by atoms with E-state index in [1.807, 2.05) is 12.1 Å². The minimum absolute atomic E-state index is 0.117. The number of pyridine rings is 1. The molecule has 0 fully saturated rings. The topological polar surface area (TPSA) is 59.1 Å². The summed E-state index contributed by atoms with van der Waals surface area (Å²) in [5, 5.41) is 4.11. The van der Waals surface area contributed by atoms with Crippen molar-refractivity contribution in [3.8, 4) is 0 Å². The Hall–Kier alpha value is -2.05. The molecule has 0 spiro atoms. The van der Waals surface area contributed by atoms with Crippen molar-refractivity contribution in [1.29, 1.82) is 0 Å². The van der Waals surface area contributed by atoms with E-state index in [2.05, 4.69) is 26.2 Å². The molecule has 0 bridgehead atoms. The zero-order chi connectivity index (χ0) is 15.7. The number of rotatable bonds is 3. The van der Waals surface area contributed by atoms with E-state index < -0.39 is 0 Å². The van der Waals surface area contributed by atoms with Crippen molar-refractivity contribution in [2.24, 2.45) is 0 Å².